The van der Waals surface area contributed by atoms with Gasteiger partial charge in [0.2, 0.25) is 0 Å². The van der Waals surface area contributed by atoms with Gasteiger partial charge in [-0.05, 0) is 60.0 Å². The minimum atomic E-state index is -2.17. The quantitative estimate of drug-likeness (QED) is 0.108. The van der Waals surface area contributed by atoms with Crippen LogP contribution in [-0.2, 0) is 57.1 Å². The first kappa shape index (κ1) is 56.0. The highest BCUT2D eigenvalue weighted by Gasteiger charge is 2.50. The molecule has 2 aromatic carbocycles. The van der Waals surface area contributed by atoms with E-state index in [1.807, 2.05) is 6.92 Å². The molecule has 400 valence electrons. The number of nitrogens with one attached hydrogen (secondary N) is 1. The predicted molar refractivity (Wildman–Crippen MR) is 257 cm³/mol. The first-order chi connectivity index (χ1) is 34.1. The van der Waals surface area contributed by atoms with Crippen molar-refractivity contribution in [2.24, 2.45) is 29.1 Å². The summed E-state index contributed by atoms with van der Waals surface area (Å²) in [6.07, 6.45) is 0.793. The van der Waals surface area contributed by atoms with Gasteiger partial charge in [-0.3, -0.25) is 24.0 Å². The van der Waals surface area contributed by atoms with E-state index in [0.29, 0.717) is 0 Å². The fourth-order valence-electron chi connectivity index (χ4n) is 9.71. The Kier molecular flexibility index (Phi) is 17.2. The lowest BCUT2D eigenvalue weighted by molar-refractivity contribution is -0.246. The smallest absolute Gasteiger partial charge is 0.341 e. The normalized spacial score (nSPS) is 32.0. The number of rotatable bonds is 11. The van der Waals surface area contributed by atoms with Crippen molar-refractivity contribution >= 4 is 52.0 Å². The van der Waals surface area contributed by atoms with Crippen LogP contribution in [0.4, 0.5) is 5.69 Å². The minimum absolute atomic E-state index is 0.0254. The highest BCUT2D eigenvalue weighted by atomic mass is 16.7. The Morgan fingerprint density at radius 2 is 1.66 bits per heavy atom. The summed E-state index contributed by atoms with van der Waals surface area (Å²) in [7, 11) is 0. The summed E-state index contributed by atoms with van der Waals surface area (Å²) in [5, 5.41) is 56.7. The number of carbonyl (C=O) groups excluding carboxylic acids is 4. The molecule has 21 heteroatoms. The van der Waals surface area contributed by atoms with Crippen LogP contribution in [0.15, 0.2) is 42.2 Å². The van der Waals surface area contributed by atoms with Crippen LogP contribution in [0.5, 0.6) is 23.0 Å². The number of carboxylic acids is 2. The number of aromatic hydroxyl groups is 2. The first-order valence-electron chi connectivity index (χ1n) is 24.1. The number of ketones is 1. The van der Waals surface area contributed by atoms with Crippen molar-refractivity contribution in [2.45, 2.75) is 150 Å². The van der Waals surface area contributed by atoms with Gasteiger partial charge in [0.05, 0.1) is 59.2 Å². The Morgan fingerprint density at radius 3 is 2.32 bits per heavy atom. The van der Waals surface area contributed by atoms with E-state index in [-0.39, 0.29) is 76.5 Å². The Balaban J connectivity index is 1.50. The van der Waals surface area contributed by atoms with Gasteiger partial charge in [0.25, 0.3) is 11.7 Å². The fourth-order valence-corrected chi connectivity index (χ4v) is 9.71. The van der Waals surface area contributed by atoms with Crippen LogP contribution in [0.2, 0.25) is 0 Å². The average molecular weight is 1030 g/mol. The van der Waals surface area contributed by atoms with E-state index in [4.69, 9.17) is 42.6 Å². The maximum absolute atomic E-state index is 14.7. The van der Waals surface area contributed by atoms with Gasteiger partial charge >= 0.3 is 29.7 Å². The summed E-state index contributed by atoms with van der Waals surface area (Å²) in [5.74, 6) is -12.5. The van der Waals surface area contributed by atoms with Crippen LogP contribution in [0.25, 0.3) is 10.8 Å². The number of ether oxygens (including phenoxy) is 9. The second-order valence-corrected chi connectivity index (χ2v) is 20.2. The number of esters is 2. The molecule has 2 aromatic rings. The molecule has 21 nitrogen and oxygen atoms in total. The van der Waals surface area contributed by atoms with E-state index >= 15 is 0 Å². The van der Waals surface area contributed by atoms with E-state index in [2.05, 4.69) is 5.32 Å². The number of phenols is 2. The highest BCUT2D eigenvalue weighted by molar-refractivity contribution is 6.21. The molecule has 0 aromatic heterocycles. The number of allylic oxidation sites excluding steroid dienone is 2. The van der Waals surface area contributed by atoms with Crippen molar-refractivity contribution in [3.8, 4) is 23.0 Å². The number of hydrogen-bond donors (Lipinski definition) is 6. The van der Waals surface area contributed by atoms with Crippen LogP contribution < -0.4 is 14.8 Å². The van der Waals surface area contributed by atoms with E-state index in [1.165, 1.54) is 59.8 Å². The lowest BCUT2D eigenvalue weighted by Crippen LogP contribution is -2.49. The second-order valence-electron chi connectivity index (χ2n) is 20.2. The molecule has 2 fully saturated rings. The average Bonchev–Trinajstić information content (AvgIpc) is 3.89. The maximum Gasteiger partial charge on any atom is 0.341 e. The molecule has 2 saturated heterocycles. The van der Waals surface area contributed by atoms with Gasteiger partial charge in [-0.1, -0.05) is 39.0 Å². The number of aliphatic hydroxyl groups excluding tert-OH is 1. The number of aliphatic hydroxyl groups is 1. The number of aliphatic carboxylic acids is 2. The van der Waals surface area contributed by atoms with Crippen molar-refractivity contribution in [3.05, 3.63) is 53.3 Å². The third-order valence-electron chi connectivity index (χ3n) is 14.0. The van der Waals surface area contributed by atoms with Crippen molar-refractivity contribution < 1.29 is 96.9 Å². The molecule has 1 amide bonds. The highest BCUT2D eigenvalue weighted by Crippen LogP contribution is 2.54. The zero-order chi connectivity index (χ0) is 54.0. The zero-order valence-electron chi connectivity index (χ0n) is 42.8. The summed E-state index contributed by atoms with van der Waals surface area (Å²) in [6.45, 7) is 16.0. The molecule has 13 atom stereocenters. The van der Waals surface area contributed by atoms with E-state index < -0.39 is 132 Å². The Bertz CT molecular complexity index is 2570. The number of fused-ring (bicyclic) bond motifs is 15. The van der Waals surface area contributed by atoms with Crippen molar-refractivity contribution in [2.75, 3.05) is 18.7 Å². The first-order valence-corrected chi connectivity index (χ1v) is 24.1. The predicted octanol–water partition coefficient (Wildman–Crippen LogP) is 6.20. The Morgan fingerprint density at radius 1 is 0.959 bits per heavy atom. The van der Waals surface area contributed by atoms with E-state index in [9.17, 15) is 54.3 Å². The van der Waals surface area contributed by atoms with Crippen LogP contribution in [0.1, 0.15) is 104 Å². The van der Waals surface area contributed by atoms with Gasteiger partial charge in [-0.25, -0.2) is 4.79 Å². The molecule has 5 heterocycles. The standard InChI is InChI=1S/C52H67NO20/c1-23-13-12-14-31(28(6)70-50(64)51(9,10)20-36(55)56)17-24(2)42(59)26(4)45(71-30(8)54)25(3)33(72-38-19-35-47(29(7)69-38)67-22-66-35)15-16-68-52(11)48(62)41-39-34(65-21-37(57)58)18-32(53-49(23)63)44(61)40(39)43(60)27(5)46(41)73-52/h12-16,18,24-26,28-29,31,33,35,38,42,45,47,59-61H,17,19-22H2,1-11H3,(H,53,63)(H,55,56)(H,57,58)/b14-12+,16-15+,23-13-/t24-,25-,26-,28?,29-,31+,33+,35+,38+,42-,45-,47-,52+/m1/s1. The molecule has 0 saturated carbocycles. The molecule has 73 heavy (non-hydrogen) atoms. The molecule has 1 unspecified atom stereocenters. The molecular formula is C52H67NO20. The number of amides is 1. The van der Waals surface area contributed by atoms with Gasteiger partial charge in [-0.15, -0.1) is 0 Å². The van der Waals surface area contributed by atoms with Gasteiger partial charge < -0.3 is 73.5 Å². The van der Waals surface area contributed by atoms with Crippen LogP contribution >= 0.6 is 0 Å². The number of phenolic OH excluding ortho intramolecular Hbond substituents is 2. The largest absolute Gasteiger partial charge is 0.507 e. The summed E-state index contributed by atoms with van der Waals surface area (Å²) in [5.41, 5.74) is -1.92. The van der Waals surface area contributed by atoms with Crippen molar-refractivity contribution in [3.63, 3.8) is 0 Å². The third-order valence-corrected chi connectivity index (χ3v) is 14.0. The molecule has 7 rings (SSSR count). The van der Waals surface area contributed by atoms with E-state index in [1.54, 1.807) is 33.8 Å². The van der Waals surface area contributed by atoms with E-state index in [0.717, 1.165) is 12.3 Å². The minimum Gasteiger partial charge on any atom is -0.507 e. The Hall–Kier alpha value is -6.26. The summed E-state index contributed by atoms with van der Waals surface area (Å²) >= 11 is 0. The Labute approximate surface area is 422 Å². The van der Waals surface area contributed by atoms with Crippen LogP contribution in [-0.4, -0.2) is 129 Å². The van der Waals surface area contributed by atoms with Gasteiger partial charge in [-0.2, -0.15) is 0 Å². The summed E-state index contributed by atoms with van der Waals surface area (Å²) < 4.78 is 54.2. The maximum atomic E-state index is 14.7. The molecule has 5 bridgehead atoms. The van der Waals surface area contributed by atoms with Crippen molar-refractivity contribution in [1.82, 2.24) is 0 Å². The van der Waals surface area contributed by atoms with Crippen LogP contribution in [0, 0.1) is 36.0 Å². The molecular weight excluding hydrogens is 959 g/mol. The topological polar surface area (TPSA) is 299 Å². The molecule has 5 aliphatic rings. The monoisotopic (exact) mass is 1030 g/mol. The third kappa shape index (κ3) is 12.2. The molecule has 0 radical (unpaired) electrons. The van der Waals surface area contributed by atoms with Gasteiger partial charge in [0.15, 0.2) is 18.6 Å². The number of carboxylic acid groups (broad SMARTS) is 2. The number of Topliss-reactive ketones (excluding diaryl/α,β-unsaturated/α-hetero) is 1. The number of hydrogen-bond acceptors (Lipinski definition) is 18. The molecule has 0 spiro atoms. The number of carbonyl (C=O) groups is 6. The summed E-state index contributed by atoms with van der Waals surface area (Å²) in [4.78, 5) is 78.3. The summed E-state index contributed by atoms with van der Waals surface area (Å²) in [6, 6.07) is 1.10. The number of anilines is 1. The number of benzene rings is 2. The lowest BCUT2D eigenvalue weighted by Gasteiger charge is -2.40. The molecule has 5 aliphatic heterocycles. The lowest BCUT2D eigenvalue weighted by atomic mass is 9.78. The van der Waals surface area contributed by atoms with Crippen LogP contribution in [0.3, 0.4) is 0 Å². The van der Waals surface area contributed by atoms with Gasteiger partial charge in [0.1, 0.15) is 42.4 Å². The second kappa shape index (κ2) is 22.5. The molecule has 6 N–H and O–H groups in total. The fraction of sp³-hybridized carbons (Fsp3) is 0.577. The molecule has 0 aliphatic carbocycles. The van der Waals surface area contributed by atoms with Crippen molar-refractivity contribution in [1.29, 1.82) is 0 Å². The SMILES string of the molecule is CC(=O)O[C@H]1[C@H](C)[C@H](O)[C@H](C)C[C@@H](C(C)OC(=O)C(C)(C)CC(=O)O)/C=C/C=C(/C)C(=O)Nc2cc(OCC(=O)O)c3c4c(c(C)c(O)c3c2O)O[C@](C)(O/C=C/[C@H](O[C@H]2C[C@@H]3OCO[C@@H]3[C@@H](C)O2)[C@H]1C)C4=O. The van der Waals surface area contributed by atoms with Gasteiger partial charge in [0, 0.05) is 60.6 Å². The zero-order valence-corrected chi connectivity index (χ0v) is 42.8.